The Kier molecular flexibility index (Phi) is 9.62. The van der Waals surface area contributed by atoms with Crippen LogP contribution in [0.2, 0.25) is 0 Å². The van der Waals surface area contributed by atoms with Crippen molar-refractivity contribution >= 4 is 76.8 Å². The van der Waals surface area contributed by atoms with Gasteiger partial charge in [0, 0.05) is 0 Å². The second-order valence-corrected chi connectivity index (χ2v) is 18.0. The molecule has 0 atom stereocenters. The molecule has 13 aromatic rings. The first-order valence-corrected chi connectivity index (χ1v) is 23.6. The smallest absolute Gasteiger partial charge is 0.00259 e. The summed E-state index contributed by atoms with van der Waals surface area (Å²) in [7, 11) is 0. The van der Waals surface area contributed by atoms with E-state index in [0.29, 0.717) is 0 Å². The first kappa shape index (κ1) is 39.5. The molecule has 0 aliphatic rings. The monoisotopic (exact) mass is 860 g/mol. The van der Waals surface area contributed by atoms with Crippen LogP contribution in [0.1, 0.15) is 11.1 Å². The lowest BCUT2D eigenvalue weighted by Crippen LogP contribution is -1.93. The molecule has 0 aromatic heterocycles. The highest BCUT2D eigenvalue weighted by atomic mass is 14.2. The molecule has 13 rings (SSSR count). The third-order valence-electron chi connectivity index (χ3n) is 14.0. The lowest BCUT2D eigenvalue weighted by molar-refractivity contribution is 1.62. The zero-order valence-corrected chi connectivity index (χ0v) is 37.4. The first-order chi connectivity index (χ1) is 33.7. The van der Waals surface area contributed by atoms with Crippen LogP contribution in [0.25, 0.3) is 132 Å². The van der Waals surface area contributed by atoms with Gasteiger partial charge in [-0.15, -0.1) is 0 Å². The lowest BCUT2D eigenvalue weighted by Gasteiger charge is -2.20. The third kappa shape index (κ3) is 6.86. The molecule has 13 aromatic carbocycles. The molecule has 0 heterocycles. The molecule has 0 heteroatoms. The summed E-state index contributed by atoms with van der Waals surface area (Å²) in [4.78, 5) is 0. The van der Waals surface area contributed by atoms with Gasteiger partial charge in [-0.2, -0.15) is 0 Å². The highest BCUT2D eigenvalue weighted by molar-refractivity contribution is 6.24. The van der Waals surface area contributed by atoms with Crippen molar-refractivity contribution in [2.75, 3.05) is 0 Å². The van der Waals surface area contributed by atoms with E-state index in [1.165, 1.54) is 131 Å². The lowest BCUT2D eigenvalue weighted by atomic mass is 9.83. The van der Waals surface area contributed by atoms with Gasteiger partial charge in [0.25, 0.3) is 0 Å². The Balaban J connectivity index is 0.992. The van der Waals surface area contributed by atoms with Gasteiger partial charge in [-0.1, -0.05) is 243 Å². The molecule has 0 fully saturated rings. The molecular weight excluding hydrogens is 817 g/mol. The van der Waals surface area contributed by atoms with E-state index in [-0.39, 0.29) is 0 Å². The number of benzene rings is 13. The first-order valence-electron chi connectivity index (χ1n) is 23.6. The molecule has 0 radical (unpaired) electrons. The van der Waals surface area contributed by atoms with E-state index in [4.69, 9.17) is 0 Å². The van der Waals surface area contributed by atoms with Gasteiger partial charge in [0.15, 0.2) is 0 Å². The van der Waals surface area contributed by atoms with Gasteiger partial charge in [0.2, 0.25) is 0 Å². The van der Waals surface area contributed by atoms with Crippen LogP contribution in [0.3, 0.4) is 0 Å². The molecule has 0 saturated carbocycles. The number of hydrogen-bond acceptors (Lipinski definition) is 0. The fourth-order valence-corrected chi connectivity index (χ4v) is 10.8. The Labute approximate surface area is 396 Å². The van der Waals surface area contributed by atoms with Crippen molar-refractivity contribution in [3.8, 4) is 55.6 Å². The van der Waals surface area contributed by atoms with E-state index >= 15 is 0 Å². The Hall–Kier alpha value is -8.84. The normalized spacial score (nSPS) is 11.8. The van der Waals surface area contributed by atoms with Crippen LogP contribution >= 0.6 is 0 Å². The highest BCUT2D eigenvalue weighted by Crippen LogP contribution is 2.47. The molecule has 0 N–H and O–H groups in total. The summed E-state index contributed by atoms with van der Waals surface area (Å²) in [6, 6.07) is 94.0. The minimum absolute atomic E-state index is 1.18. The summed E-state index contributed by atoms with van der Waals surface area (Å²) in [5.41, 5.74) is 14.6. The van der Waals surface area contributed by atoms with Crippen LogP contribution in [-0.2, 0) is 0 Å². The molecular formula is C68H44. The largest absolute Gasteiger partial charge is 0.0622 e. The second kappa shape index (κ2) is 16.5. The standard InChI is InChI=1S/C68H44/c1-2-15-45(16-3-1)29-30-46-31-33-49(34-32-46)65-57-23-8-10-25-59(57)66(60-26-11-9-24-58(60)65)54-22-14-21-52(43-54)53-39-40-63-64(44-53)68(56-38-36-48-18-5-7-20-51(48)42-56)62-28-13-12-27-61(62)67(63)55-37-35-47-17-4-6-19-50(47)41-55/h1-44H. The van der Waals surface area contributed by atoms with Crippen LogP contribution in [0.5, 0.6) is 0 Å². The Bertz CT molecular complexity index is 4060. The van der Waals surface area contributed by atoms with Crippen molar-refractivity contribution in [1.82, 2.24) is 0 Å². The van der Waals surface area contributed by atoms with Crippen molar-refractivity contribution in [2.24, 2.45) is 0 Å². The maximum Gasteiger partial charge on any atom is -0.00259 e. The van der Waals surface area contributed by atoms with Crippen molar-refractivity contribution in [3.05, 3.63) is 266 Å². The molecule has 0 nitrogen and oxygen atoms in total. The van der Waals surface area contributed by atoms with Crippen LogP contribution in [0.15, 0.2) is 255 Å². The summed E-state index contributed by atoms with van der Waals surface area (Å²) in [5, 5.41) is 15.0. The van der Waals surface area contributed by atoms with Crippen molar-refractivity contribution < 1.29 is 0 Å². The average Bonchev–Trinajstić information content (AvgIpc) is 3.41. The molecule has 0 amide bonds. The molecule has 316 valence electrons. The van der Waals surface area contributed by atoms with E-state index in [9.17, 15) is 0 Å². The maximum absolute atomic E-state index is 2.45. The van der Waals surface area contributed by atoms with Crippen LogP contribution < -0.4 is 0 Å². The molecule has 0 aliphatic carbocycles. The summed E-state index contributed by atoms with van der Waals surface area (Å²) in [6.45, 7) is 0. The highest BCUT2D eigenvalue weighted by Gasteiger charge is 2.20. The van der Waals surface area contributed by atoms with Crippen molar-refractivity contribution in [1.29, 1.82) is 0 Å². The van der Waals surface area contributed by atoms with E-state index in [1.54, 1.807) is 0 Å². The molecule has 0 unspecified atom stereocenters. The molecule has 68 heavy (non-hydrogen) atoms. The predicted octanol–water partition coefficient (Wildman–Crippen LogP) is 19.1. The van der Waals surface area contributed by atoms with Crippen molar-refractivity contribution in [3.63, 3.8) is 0 Å². The fourth-order valence-electron chi connectivity index (χ4n) is 10.8. The Morgan fingerprint density at radius 2 is 0.529 bits per heavy atom. The molecule has 0 bridgehead atoms. The quantitative estimate of drug-likeness (QED) is 0.111. The van der Waals surface area contributed by atoms with E-state index in [1.807, 2.05) is 0 Å². The van der Waals surface area contributed by atoms with Gasteiger partial charge in [-0.05, 0) is 156 Å². The molecule has 0 aliphatic heterocycles. The zero-order valence-electron chi connectivity index (χ0n) is 37.4. The van der Waals surface area contributed by atoms with Gasteiger partial charge in [0.1, 0.15) is 0 Å². The van der Waals surface area contributed by atoms with Crippen LogP contribution in [-0.4, -0.2) is 0 Å². The Morgan fingerprint density at radius 1 is 0.176 bits per heavy atom. The number of hydrogen-bond donors (Lipinski definition) is 0. The third-order valence-corrected chi connectivity index (χ3v) is 14.0. The van der Waals surface area contributed by atoms with Gasteiger partial charge in [-0.3, -0.25) is 0 Å². The van der Waals surface area contributed by atoms with E-state index < -0.39 is 0 Å². The van der Waals surface area contributed by atoms with E-state index in [0.717, 1.165) is 0 Å². The second-order valence-electron chi connectivity index (χ2n) is 18.0. The summed E-state index contributed by atoms with van der Waals surface area (Å²) in [5.74, 6) is 0. The van der Waals surface area contributed by atoms with Crippen molar-refractivity contribution in [2.45, 2.75) is 0 Å². The zero-order chi connectivity index (χ0) is 45.0. The van der Waals surface area contributed by atoms with Crippen LogP contribution in [0, 0.1) is 0 Å². The predicted molar refractivity (Wildman–Crippen MR) is 294 cm³/mol. The van der Waals surface area contributed by atoms with Gasteiger partial charge >= 0.3 is 0 Å². The minimum Gasteiger partial charge on any atom is -0.0622 e. The number of rotatable bonds is 7. The van der Waals surface area contributed by atoms with Crippen LogP contribution in [0.4, 0.5) is 0 Å². The fraction of sp³-hybridized carbons (Fsp3) is 0. The summed E-state index contributed by atoms with van der Waals surface area (Å²) >= 11 is 0. The Morgan fingerprint density at radius 3 is 1.06 bits per heavy atom. The minimum atomic E-state index is 1.18. The number of fused-ring (bicyclic) bond motifs is 6. The average molecular weight is 861 g/mol. The summed E-state index contributed by atoms with van der Waals surface area (Å²) < 4.78 is 0. The van der Waals surface area contributed by atoms with Gasteiger partial charge in [0.05, 0.1) is 0 Å². The maximum atomic E-state index is 2.45. The van der Waals surface area contributed by atoms with Gasteiger partial charge in [-0.25, -0.2) is 0 Å². The van der Waals surface area contributed by atoms with Gasteiger partial charge < -0.3 is 0 Å². The summed E-state index contributed by atoms with van der Waals surface area (Å²) in [6.07, 6.45) is 4.37. The topological polar surface area (TPSA) is 0 Å². The SMILES string of the molecule is C(=Cc1ccc(-c2c3ccccc3c(-c3cccc(-c4ccc5c(-c6ccc7ccccc7c6)c6ccccc6c(-c6ccc7ccccc7c6)c5c4)c3)c3ccccc23)cc1)c1ccccc1. The van der Waals surface area contributed by atoms with E-state index in [2.05, 4.69) is 267 Å². The molecule has 0 spiro atoms. The molecule has 0 saturated heterocycles.